The number of H-pyrrole nitrogens is 1. The van der Waals surface area contributed by atoms with Crippen LogP contribution in [0.25, 0.3) is 11.0 Å². The molecule has 1 amide bonds. The van der Waals surface area contributed by atoms with Gasteiger partial charge in [0.15, 0.2) is 10.3 Å². The Morgan fingerprint density at radius 3 is 2.78 bits per heavy atom. The molecule has 0 radical (unpaired) electrons. The van der Waals surface area contributed by atoms with Crippen molar-refractivity contribution >= 4 is 51.1 Å². The van der Waals surface area contributed by atoms with Gasteiger partial charge in [0, 0.05) is 0 Å². The maximum atomic E-state index is 12.7. The van der Waals surface area contributed by atoms with Gasteiger partial charge in [-0.3, -0.25) is 4.79 Å². The van der Waals surface area contributed by atoms with E-state index in [1.807, 2.05) is 31.2 Å². The van der Waals surface area contributed by atoms with Crippen molar-refractivity contribution in [3.63, 3.8) is 0 Å². The summed E-state index contributed by atoms with van der Waals surface area (Å²) in [5.74, 6) is -0.594. The summed E-state index contributed by atoms with van der Waals surface area (Å²) < 4.78 is 5.01. The molecular formula is C18H20N4O3S2. The average Bonchev–Trinajstić information content (AvgIpc) is 3.22. The minimum Gasteiger partial charge on any atom is -0.462 e. The van der Waals surface area contributed by atoms with Gasteiger partial charge in [0.2, 0.25) is 5.91 Å². The lowest BCUT2D eigenvalue weighted by Gasteiger charge is -2.11. The van der Waals surface area contributed by atoms with E-state index in [-0.39, 0.29) is 11.2 Å². The molecule has 0 unspecified atom stereocenters. The lowest BCUT2D eigenvalue weighted by Crippen LogP contribution is -2.24. The van der Waals surface area contributed by atoms with Gasteiger partial charge in [-0.25, -0.2) is 14.8 Å². The van der Waals surface area contributed by atoms with Crippen LogP contribution in [-0.2, 0) is 9.53 Å². The maximum absolute atomic E-state index is 12.7. The minimum absolute atomic E-state index is 0.174. The largest absolute Gasteiger partial charge is 0.462 e. The van der Waals surface area contributed by atoms with Crippen molar-refractivity contribution in [2.75, 3.05) is 11.9 Å². The zero-order chi connectivity index (χ0) is 19.4. The van der Waals surface area contributed by atoms with E-state index >= 15 is 0 Å². The number of esters is 1. The number of para-hydroxylation sites is 2. The molecule has 2 heterocycles. The first-order valence-corrected chi connectivity index (χ1v) is 10.3. The fourth-order valence-electron chi connectivity index (χ4n) is 2.46. The third kappa shape index (κ3) is 4.48. The molecule has 0 saturated carbocycles. The van der Waals surface area contributed by atoms with Crippen LogP contribution in [0.2, 0.25) is 0 Å². The second kappa shape index (κ2) is 8.53. The molecule has 1 aromatic carbocycles. The molecule has 0 aliphatic rings. The molecule has 0 bridgehead atoms. The van der Waals surface area contributed by atoms with E-state index in [0.29, 0.717) is 33.9 Å². The van der Waals surface area contributed by atoms with Crippen LogP contribution in [-0.4, -0.2) is 38.7 Å². The summed E-state index contributed by atoms with van der Waals surface area (Å²) in [7, 11) is 0. The van der Waals surface area contributed by atoms with Crippen molar-refractivity contribution in [2.45, 2.75) is 37.6 Å². The third-order valence-corrected chi connectivity index (χ3v) is 6.07. The first-order chi connectivity index (χ1) is 13.0. The molecule has 27 heavy (non-hydrogen) atoms. The first-order valence-electron chi connectivity index (χ1n) is 8.58. The number of carbonyl (C=O) groups is 2. The molecule has 0 aliphatic carbocycles. The zero-order valence-electron chi connectivity index (χ0n) is 15.2. The number of ether oxygens (including phenoxy) is 1. The highest BCUT2D eigenvalue weighted by atomic mass is 32.2. The normalized spacial score (nSPS) is 12.1. The number of thiazole rings is 1. The summed E-state index contributed by atoms with van der Waals surface area (Å²) in [5.41, 5.74) is 2.35. The van der Waals surface area contributed by atoms with E-state index < -0.39 is 5.97 Å². The van der Waals surface area contributed by atoms with Crippen molar-refractivity contribution in [3.8, 4) is 0 Å². The number of thioether (sulfide) groups is 1. The van der Waals surface area contributed by atoms with E-state index in [0.717, 1.165) is 22.4 Å². The summed E-state index contributed by atoms with van der Waals surface area (Å²) in [6.45, 7) is 5.71. The SMILES string of the molecule is CCOC(=O)c1sc(NC(=O)[C@H](CC)Sc2nc3ccccc3[nH]2)nc1C. The lowest BCUT2D eigenvalue weighted by molar-refractivity contribution is -0.115. The maximum Gasteiger partial charge on any atom is 0.350 e. The Morgan fingerprint density at radius 2 is 2.07 bits per heavy atom. The third-order valence-electron chi connectivity index (χ3n) is 3.77. The number of aromatic amines is 1. The van der Waals surface area contributed by atoms with Crippen LogP contribution in [0, 0.1) is 6.92 Å². The second-order valence-electron chi connectivity index (χ2n) is 5.72. The number of anilines is 1. The highest BCUT2D eigenvalue weighted by Crippen LogP contribution is 2.28. The number of rotatable bonds is 7. The van der Waals surface area contributed by atoms with Crippen LogP contribution >= 0.6 is 23.1 Å². The van der Waals surface area contributed by atoms with Gasteiger partial charge in [-0.15, -0.1) is 0 Å². The van der Waals surface area contributed by atoms with Gasteiger partial charge in [-0.05, 0) is 32.4 Å². The van der Waals surface area contributed by atoms with Gasteiger partial charge >= 0.3 is 5.97 Å². The highest BCUT2D eigenvalue weighted by molar-refractivity contribution is 8.00. The Morgan fingerprint density at radius 1 is 1.30 bits per heavy atom. The highest BCUT2D eigenvalue weighted by Gasteiger charge is 2.23. The molecule has 142 valence electrons. The fraction of sp³-hybridized carbons (Fsp3) is 0.333. The van der Waals surface area contributed by atoms with Crippen molar-refractivity contribution in [2.24, 2.45) is 0 Å². The van der Waals surface area contributed by atoms with Crippen LogP contribution in [0.4, 0.5) is 5.13 Å². The van der Waals surface area contributed by atoms with E-state index in [9.17, 15) is 9.59 Å². The standard InChI is InChI=1S/C18H20N4O3S2/c1-4-13(26-18-20-11-8-6-7-9-12(11)21-18)15(23)22-17-19-10(3)14(27-17)16(24)25-5-2/h6-9,13H,4-5H2,1-3H3,(H,20,21)(H,19,22,23)/t13-/m0/s1. The van der Waals surface area contributed by atoms with Gasteiger partial charge in [-0.2, -0.15) is 0 Å². The van der Waals surface area contributed by atoms with Gasteiger partial charge in [0.05, 0.1) is 28.6 Å². The van der Waals surface area contributed by atoms with Crippen LogP contribution in [0.15, 0.2) is 29.4 Å². The lowest BCUT2D eigenvalue weighted by atomic mass is 10.3. The predicted octanol–water partition coefficient (Wildman–Crippen LogP) is 4.01. The number of fused-ring (bicyclic) bond motifs is 1. The Kier molecular flexibility index (Phi) is 6.12. The first kappa shape index (κ1) is 19.4. The summed E-state index contributed by atoms with van der Waals surface area (Å²) in [6.07, 6.45) is 0.628. The summed E-state index contributed by atoms with van der Waals surface area (Å²) in [5, 5.41) is 3.56. The molecule has 0 spiro atoms. The van der Waals surface area contributed by atoms with Gasteiger partial charge in [0.25, 0.3) is 0 Å². The van der Waals surface area contributed by atoms with E-state index in [1.54, 1.807) is 13.8 Å². The number of nitrogens with zero attached hydrogens (tertiary/aromatic N) is 2. The quantitative estimate of drug-likeness (QED) is 0.456. The Labute approximate surface area is 164 Å². The van der Waals surface area contributed by atoms with Crippen LogP contribution in [0.3, 0.4) is 0 Å². The van der Waals surface area contributed by atoms with Crippen molar-refractivity contribution < 1.29 is 14.3 Å². The molecule has 0 aliphatic heterocycles. The van der Waals surface area contributed by atoms with Gasteiger partial charge < -0.3 is 15.0 Å². The number of carbonyl (C=O) groups excluding carboxylic acids is 2. The molecule has 1 atom stereocenters. The average molecular weight is 405 g/mol. The molecule has 3 rings (SSSR count). The second-order valence-corrected chi connectivity index (χ2v) is 7.91. The van der Waals surface area contributed by atoms with Crippen molar-refractivity contribution in [1.82, 2.24) is 15.0 Å². The molecule has 9 heteroatoms. The molecule has 3 aromatic rings. The number of amides is 1. The number of nitrogens with one attached hydrogen (secondary N) is 2. The van der Waals surface area contributed by atoms with E-state index in [4.69, 9.17) is 4.74 Å². The van der Waals surface area contributed by atoms with Crippen molar-refractivity contribution in [1.29, 1.82) is 0 Å². The summed E-state index contributed by atoms with van der Waals surface area (Å²) in [4.78, 5) is 37.0. The van der Waals surface area contributed by atoms with Crippen LogP contribution < -0.4 is 5.32 Å². The Balaban J connectivity index is 1.70. The molecule has 7 nitrogen and oxygen atoms in total. The van der Waals surface area contributed by atoms with E-state index in [1.165, 1.54) is 11.8 Å². The molecular weight excluding hydrogens is 384 g/mol. The van der Waals surface area contributed by atoms with Crippen molar-refractivity contribution in [3.05, 3.63) is 34.8 Å². The van der Waals surface area contributed by atoms with Gasteiger partial charge in [0.1, 0.15) is 4.88 Å². The number of hydrogen-bond donors (Lipinski definition) is 2. The summed E-state index contributed by atoms with van der Waals surface area (Å²) >= 11 is 2.50. The molecule has 2 N–H and O–H groups in total. The van der Waals surface area contributed by atoms with Crippen LogP contribution in [0.5, 0.6) is 0 Å². The molecule has 2 aromatic heterocycles. The predicted molar refractivity (Wildman–Crippen MR) is 107 cm³/mol. The van der Waals surface area contributed by atoms with Gasteiger partial charge in [-0.1, -0.05) is 42.2 Å². The topological polar surface area (TPSA) is 97.0 Å². The smallest absolute Gasteiger partial charge is 0.350 e. The number of imidazole rings is 1. The Hall–Kier alpha value is -2.39. The molecule has 0 saturated heterocycles. The minimum atomic E-state index is -0.420. The van der Waals surface area contributed by atoms with E-state index in [2.05, 4.69) is 20.3 Å². The number of aromatic nitrogens is 3. The monoisotopic (exact) mass is 404 g/mol. The fourth-order valence-corrected chi connectivity index (χ4v) is 4.25. The molecule has 0 fully saturated rings. The zero-order valence-corrected chi connectivity index (χ0v) is 16.9. The number of aryl methyl sites for hydroxylation is 1. The summed E-state index contributed by atoms with van der Waals surface area (Å²) in [6, 6.07) is 7.73. The van der Waals surface area contributed by atoms with Crippen LogP contribution in [0.1, 0.15) is 35.6 Å². The number of benzene rings is 1. The Bertz CT molecular complexity index is 934. The number of hydrogen-bond acceptors (Lipinski definition) is 7.